The Hall–Kier alpha value is -1.50. The van der Waals surface area contributed by atoms with Crippen LogP contribution in [-0.4, -0.2) is 36.3 Å². The summed E-state index contributed by atoms with van der Waals surface area (Å²) in [5.41, 5.74) is 6.05. The monoisotopic (exact) mass is 244 g/mol. The maximum atomic E-state index is 13.7. The topological polar surface area (TPSA) is 73.1 Å². The molecule has 0 amide bonds. The average Bonchev–Trinajstić information content (AvgIpc) is 2.28. The molecule has 1 fully saturated rings. The van der Waals surface area contributed by atoms with Crippen LogP contribution in [0.15, 0.2) is 6.07 Å². The maximum absolute atomic E-state index is 13.7. The molecule has 0 spiro atoms. The van der Waals surface area contributed by atoms with Gasteiger partial charge in [-0.25, -0.2) is 8.78 Å². The summed E-state index contributed by atoms with van der Waals surface area (Å²) in [5, 5.41) is 10.4. The molecule has 2 heterocycles. The minimum absolute atomic E-state index is 0.154. The number of aromatic nitrogens is 2. The molecule has 94 valence electrons. The van der Waals surface area contributed by atoms with E-state index in [1.54, 1.807) is 0 Å². The molecule has 2 rings (SSSR count). The van der Waals surface area contributed by atoms with Crippen LogP contribution in [-0.2, 0) is 0 Å². The van der Waals surface area contributed by atoms with Gasteiger partial charge in [-0.05, 0) is 6.07 Å². The van der Waals surface area contributed by atoms with Gasteiger partial charge in [0.2, 0.25) is 0 Å². The molecule has 0 saturated carbocycles. The molecule has 0 radical (unpaired) electrons. The van der Waals surface area contributed by atoms with Gasteiger partial charge in [0, 0.05) is 19.5 Å². The standard InChI is InChI=1S/C10H14F2N4O/c1-17-9-7(13)4-8(15-16-9)6-5-14-3-2-10(6,11)12/h4,6,14H,2-3,5H2,1H3,(H2,13,15). The summed E-state index contributed by atoms with van der Waals surface area (Å²) >= 11 is 0. The number of anilines is 1. The van der Waals surface area contributed by atoms with Gasteiger partial charge >= 0.3 is 0 Å². The Balaban J connectivity index is 2.30. The van der Waals surface area contributed by atoms with Crippen LogP contribution in [0, 0.1) is 0 Å². The highest BCUT2D eigenvalue weighted by molar-refractivity contribution is 5.48. The first-order valence-corrected chi connectivity index (χ1v) is 5.30. The summed E-state index contributed by atoms with van der Waals surface area (Å²) in [6, 6.07) is 1.40. The Morgan fingerprint density at radius 2 is 2.29 bits per heavy atom. The van der Waals surface area contributed by atoms with Crippen molar-refractivity contribution in [2.75, 3.05) is 25.9 Å². The summed E-state index contributed by atoms with van der Waals surface area (Å²) in [7, 11) is 1.40. The summed E-state index contributed by atoms with van der Waals surface area (Å²) in [4.78, 5) is 0. The van der Waals surface area contributed by atoms with Crippen molar-refractivity contribution < 1.29 is 13.5 Å². The number of halogens is 2. The second-order valence-electron chi connectivity index (χ2n) is 4.00. The summed E-state index contributed by atoms with van der Waals surface area (Å²) in [5.74, 6) is -3.61. The molecule has 1 unspecified atom stereocenters. The van der Waals surface area contributed by atoms with E-state index >= 15 is 0 Å². The Bertz CT molecular complexity index is 413. The van der Waals surface area contributed by atoms with Gasteiger partial charge in [-0.15, -0.1) is 5.10 Å². The minimum atomic E-state index is -2.78. The SMILES string of the molecule is COc1nnc(C2CNCCC2(F)F)cc1N. The largest absolute Gasteiger partial charge is 0.478 e. The van der Waals surface area contributed by atoms with Crippen LogP contribution in [0.4, 0.5) is 14.5 Å². The van der Waals surface area contributed by atoms with Crippen LogP contribution >= 0.6 is 0 Å². The first-order chi connectivity index (χ1) is 8.04. The van der Waals surface area contributed by atoms with Crippen molar-refractivity contribution in [3.63, 3.8) is 0 Å². The number of piperidine rings is 1. The predicted molar refractivity (Wildman–Crippen MR) is 58.2 cm³/mol. The Kier molecular flexibility index (Phi) is 3.10. The molecule has 1 aliphatic rings. The molecule has 1 atom stereocenters. The molecule has 7 heteroatoms. The lowest BCUT2D eigenvalue weighted by molar-refractivity contribution is -0.0493. The second kappa shape index (κ2) is 4.40. The van der Waals surface area contributed by atoms with Gasteiger partial charge in [0.1, 0.15) is 0 Å². The van der Waals surface area contributed by atoms with Crippen molar-refractivity contribution in [3.05, 3.63) is 11.8 Å². The van der Waals surface area contributed by atoms with E-state index < -0.39 is 11.8 Å². The Morgan fingerprint density at radius 1 is 1.53 bits per heavy atom. The van der Waals surface area contributed by atoms with Gasteiger partial charge in [-0.1, -0.05) is 0 Å². The average molecular weight is 244 g/mol. The van der Waals surface area contributed by atoms with E-state index in [0.29, 0.717) is 6.54 Å². The molecule has 0 bridgehead atoms. The van der Waals surface area contributed by atoms with Crippen molar-refractivity contribution in [2.45, 2.75) is 18.3 Å². The molecule has 17 heavy (non-hydrogen) atoms. The molecule has 0 aromatic carbocycles. The minimum Gasteiger partial charge on any atom is -0.478 e. The van der Waals surface area contributed by atoms with Gasteiger partial charge in [-0.2, -0.15) is 5.10 Å². The van der Waals surface area contributed by atoms with Crippen LogP contribution < -0.4 is 15.8 Å². The summed E-state index contributed by atoms with van der Waals surface area (Å²) in [6.07, 6.45) is -0.203. The first-order valence-electron chi connectivity index (χ1n) is 5.30. The zero-order valence-electron chi connectivity index (χ0n) is 9.41. The molecule has 5 nitrogen and oxygen atoms in total. The van der Waals surface area contributed by atoms with Crippen molar-refractivity contribution in [1.29, 1.82) is 0 Å². The van der Waals surface area contributed by atoms with E-state index in [0.717, 1.165) is 0 Å². The van der Waals surface area contributed by atoms with Crippen LogP contribution in [0.1, 0.15) is 18.0 Å². The number of nitrogens with one attached hydrogen (secondary N) is 1. The number of hydrogen-bond acceptors (Lipinski definition) is 5. The fourth-order valence-corrected chi connectivity index (χ4v) is 1.89. The second-order valence-corrected chi connectivity index (χ2v) is 4.00. The van der Waals surface area contributed by atoms with Gasteiger partial charge in [-0.3, -0.25) is 0 Å². The van der Waals surface area contributed by atoms with E-state index in [9.17, 15) is 8.78 Å². The number of methoxy groups -OCH3 is 1. The van der Waals surface area contributed by atoms with E-state index in [4.69, 9.17) is 10.5 Å². The molecule has 0 aliphatic carbocycles. The highest BCUT2D eigenvalue weighted by atomic mass is 19.3. The number of rotatable bonds is 2. The Morgan fingerprint density at radius 3 is 2.88 bits per heavy atom. The fraction of sp³-hybridized carbons (Fsp3) is 0.600. The third kappa shape index (κ3) is 2.28. The normalized spacial score (nSPS) is 23.4. The van der Waals surface area contributed by atoms with Crippen molar-refractivity contribution in [1.82, 2.24) is 15.5 Å². The molecule has 1 saturated heterocycles. The Labute approximate surface area is 97.4 Å². The summed E-state index contributed by atoms with van der Waals surface area (Å²) < 4.78 is 32.2. The number of nitrogen functional groups attached to an aromatic ring is 1. The zero-order chi connectivity index (χ0) is 12.5. The lowest BCUT2D eigenvalue weighted by Crippen LogP contribution is -2.43. The molecule has 1 aromatic heterocycles. The van der Waals surface area contributed by atoms with Crippen molar-refractivity contribution >= 4 is 5.69 Å². The third-order valence-corrected chi connectivity index (χ3v) is 2.85. The van der Waals surface area contributed by atoms with Gasteiger partial charge in [0.15, 0.2) is 0 Å². The van der Waals surface area contributed by atoms with Gasteiger partial charge in [0.05, 0.1) is 24.4 Å². The van der Waals surface area contributed by atoms with Crippen molar-refractivity contribution in [3.8, 4) is 5.88 Å². The third-order valence-electron chi connectivity index (χ3n) is 2.85. The lowest BCUT2D eigenvalue weighted by Gasteiger charge is -2.31. The number of hydrogen-bond donors (Lipinski definition) is 2. The number of nitrogens with two attached hydrogens (primary N) is 1. The zero-order valence-corrected chi connectivity index (χ0v) is 9.41. The predicted octanol–water partition coefficient (Wildman–Crippen LogP) is 0.780. The smallest absolute Gasteiger partial charge is 0.258 e. The molecule has 3 N–H and O–H groups in total. The summed E-state index contributed by atoms with van der Waals surface area (Å²) in [6.45, 7) is 0.482. The molecule has 1 aromatic rings. The number of ether oxygens (including phenoxy) is 1. The molecular weight excluding hydrogens is 230 g/mol. The first kappa shape index (κ1) is 12.0. The van der Waals surface area contributed by atoms with E-state index in [1.165, 1.54) is 13.2 Å². The van der Waals surface area contributed by atoms with Crippen LogP contribution in [0.25, 0.3) is 0 Å². The number of alkyl halides is 2. The highest BCUT2D eigenvalue weighted by Gasteiger charge is 2.43. The van der Waals surface area contributed by atoms with E-state index in [2.05, 4.69) is 15.5 Å². The van der Waals surface area contributed by atoms with Crippen LogP contribution in [0.5, 0.6) is 5.88 Å². The lowest BCUT2D eigenvalue weighted by atomic mass is 9.91. The van der Waals surface area contributed by atoms with Gasteiger partial charge in [0.25, 0.3) is 11.8 Å². The molecular formula is C10H14F2N4O. The van der Waals surface area contributed by atoms with Crippen molar-refractivity contribution in [2.24, 2.45) is 0 Å². The number of nitrogens with zero attached hydrogens (tertiary/aromatic N) is 2. The fourth-order valence-electron chi connectivity index (χ4n) is 1.89. The van der Waals surface area contributed by atoms with Gasteiger partial charge < -0.3 is 15.8 Å². The highest BCUT2D eigenvalue weighted by Crippen LogP contribution is 2.37. The maximum Gasteiger partial charge on any atom is 0.258 e. The van der Waals surface area contributed by atoms with E-state index in [-0.39, 0.29) is 30.2 Å². The van der Waals surface area contributed by atoms with Crippen LogP contribution in [0.3, 0.4) is 0 Å². The van der Waals surface area contributed by atoms with Crippen LogP contribution in [0.2, 0.25) is 0 Å². The quantitative estimate of drug-likeness (QED) is 0.804. The molecule has 1 aliphatic heterocycles. The van der Waals surface area contributed by atoms with E-state index in [1.807, 2.05) is 0 Å².